The molecule has 0 bridgehead atoms. The maximum absolute atomic E-state index is 13.5. The number of rotatable bonds is 10. The second-order valence-electron chi connectivity index (χ2n) is 10.0. The second kappa shape index (κ2) is 11.5. The van der Waals surface area contributed by atoms with Gasteiger partial charge in [0.05, 0.1) is 28.8 Å². The fraction of sp³-hybridized carbons (Fsp3) is 0.300. The molecule has 0 amide bonds. The molecule has 1 atom stereocenters. The van der Waals surface area contributed by atoms with Crippen molar-refractivity contribution in [3.63, 3.8) is 0 Å². The minimum absolute atomic E-state index is 0.216. The molecule has 3 aromatic heterocycles. The Morgan fingerprint density at radius 3 is 2.92 bits per heavy atom. The Kier molecular flexibility index (Phi) is 7.69. The van der Waals surface area contributed by atoms with Crippen molar-refractivity contribution < 1.29 is 14.2 Å². The van der Waals surface area contributed by atoms with Crippen LogP contribution in [-0.2, 0) is 26.0 Å². The number of unbranched alkanes of at least 4 members (excludes halogenated alkanes) is 1. The van der Waals surface area contributed by atoms with Crippen molar-refractivity contribution in [1.82, 2.24) is 19.7 Å². The normalized spacial score (nSPS) is 13.2. The first kappa shape index (κ1) is 26.7. The number of aryl methyl sites for hydroxylation is 2. The zero-order chi connectivity index (χ0) is 27.6. The van der Waals surface area contributed by atoms with Crippen LogP contribution in [0.3, 0.4) is 0 Å². The van der Waals surface area contributed by atoms with Crippen molar-refractivity contribution in [2.24, 2.45) is 0 Å². The molecule has 10 heteroatoms. The number of nitrogens with one attached hydrogen (secondary N) is 1. The van der Waals surface area contributed by atoms with Crippen LogP contribution in [0.4, 0.5) is 15.9 Å². The molecule has 0 radical (unpaired) electrons. The number of aromatic nitrogens is 4. The van der Waals surface area contributed by atoms with E-state index in [1.54, 1.807) is 41.9 Å². The Labute approximate surface area is 240 Å². The first-order chi connectivity index (χ1) is 19.5. The molecule has 3 heterocycles. The van der Waals surface area contributed by atoms with Crippen molar-refractivity contribution in [1.29, 1.82) is 0 Å². The predicted octanol–water partition coefficient (Wildman–Crippen LogP) is 7.32. The van der Waals surface area contributed by atoms with Crippen LogP contribution in [0.15, 0.2) is 55.0 Å². The summed E-state index contributed by atoms with van der Waals surface area (Å²) in [6.45, 7) is 2.85. The number of anilines is 2. The first-order valence-electron chi connectivity index (χ1n) is 13.4. The zero-order valence-electron chi connectivity index (χ0n) is 22.0. The maximum Gasteiger partial charge on any atom is 0.142 e. The molecule has 0 aliphatic heterocycles. The number of aliphatic hydroxyl groups excluding tert-OH is 1. The Balaban J connectivity index is 1.23. The Morgan fingerprint density at radius 2 is 2.10 bits per heavy atom. The molecule has 5 aromatic rings. The van der Waals surface area contributed by atoms with E-state index in [1.165, 1.54) is 17.7 Å². The standard InChI is InChI=1S/C30H29ClFN5O2S/c1-2-3-7-21(38)14-37-15-23-25(36-37)10-9-22-27-29(33-17-34-30(27)40-28(22)23)35-20-8-11-26(24(31)13-20)39-16-18-5-4-6-19(32)12-18/h4-6,8,11-13,15,17,21,38H,2-3,7,9-10,14,16H2,1H3,(H,33,34,35)/t21-/m1/s1. The van der Waals surface area contributed by atoms with Crippen LogP contribution in [0.25, 0.3) is 20.7 Å². The predicted molar refractivity (Wildman–Crippen MR) is 157 cm³/mol. The monoisotopic (exact) mass is 577 g/mol. The van der Waals surface area contributed by atoms with Gasteiger partial charge in [0.2, 0.25) is 0 Å². The summed E-state index contributed by atoms with van der Waals surface area (Å²) < 4.78 is 21.2. The summed E-state index contributed by atoms with van der Waals surface area (Å²) in [6, 6.07) is 11.8. The van der Waals surface area contributed by atoms with Gasteiger partial charge in [0.15, 0.2) is 0 Å². The smallest absolute Gasteiger partial charge is 0.142 e. The Bertz CT molecular complexity index is 1670. The molecule has 0 spiro atoms. The first-order valence-corrected chi connectivity index (χ1v) is 14.6. The van der Waals surface area contributed by atoms with E-state index in [0.717, 1.165) is 75.5 Å². The highest BCUT2D eigenvalue weighted by Crippen LogP contribution is 2.45. The zero-order valence-corrected chi connectivity index (χ0v) is 23.6. The van der Waals surface area contributed by atoms with Crippen LogP contribution < -0.4 is 10.1 Å². The lowest BCUT2D eigenvalue weighted by atomic mass is 9.95. The van der Waals surface area contributed by atoms with Gasteiger partial charge in [-0.05, 0) is 60.7 Å². The molecule has 0 fully saturated rings. The average Bonchev–Trinajstić information content (AvgIpc) is 3.53. The van der Waals surface area contributed by atoms with E-state index in [0.29, 0.717) is 17.3 Å². The summed E-state index contributed by atoms with van der Waals surface area (Å²) >= 11 is 8.18. The number of benzene rings is 2. The van der Waals surface area contributed by atoms with Gasteiger partial charge in [-0.25, -0.2) is 14.4 Å². The van der Waals surface area contributed by atoms with Gasteiger partial charge in [-0.3, -0.25) is 4.68 Å². The van der Waals surface area contributed by atoms with Crippen LogP contribution in [0, 0.1) is 5.82 Å². The molecular formula is C30H29ClFN5O2S. The average molecular weight is 578 g/mol. The number of thiophene rings is 1. The number of hydrogen-bond donors (Lipinski definition) is 2. The lowest BCUT2D eigenvalue weighted by molar-refractivity contribution is 0.137. The van der Waals surface area contributed by atoms with E-state index in [9.17, 15) is 9.50 Å². The SMILES string of the molecule is CCCC[C@@H](O)Cn1cc2c(n1)CCc1c-2sc2ncnc(Nc3ccc(OCc4cccc(F)c4)c(Cl)c3)c12. The van der Waals surface area contributed by atoms with Crippen molar-refractivity contribution in [2.75, 3.05) is 5.32 Å². The lowest BCUT2D eigenvalue weighted by Crippen LogP contribution is -2.16. The molecule has 0 saturated heterocycles. The van der Waals surface area contributed by atoms with Crippen molar-refractivity contribution in [3.8, 4) is 16.2 Å². The molecule has 6 rings (SSSR count). The van der Waals surface area contributed by atoms with Gasteiger partial charge in [0.25, 0.3) is 0 Å². The third-order valence-electron chi connectivity index (χ3n) is 7.05. The van der Waals surface area contributed by atoms with E-state index in [1.807, 2.05) is 10.7 Å². The van der Waals surface area contributed by atoms with Crippen LogP contribution in [-0.4, -0.2) is 31.0 Å². The van der Waals surface area contributed by atoms with Crippen molar-refractivity contribution in [3.05, 3.63) is 82.6 Å². The number of nitrogens with zero attached hydrogens (tertiary/aromatic N) is 4. The highest BCUT2D eigenvalue weighted by Gasteiger charge is 2.26. The summed E-state index contributed by atoms with van der Waals surface area (Å²) in [5.41, 5.74) is 4.88. The van der Waals surface area contributed by atoms with Crippen LogP contribution >= 0.6 is 22.9 Å². The highest BCUT2D eigenvalue weighted by atomic mass is 35.5. The lowest BCUT2D eigenvalue weighted by Gasteiger charge is -2.13. The van der Waals surface area contributed by atoms with Crippen LogP contribution in [0.1, 0.15) is 43.0 Å². The number of halogens is 2. The van der Waals surface area contributed by atoms with Gasteiger partial charge in [0.1, 0.15) is 35.1 Å². The summed E-state index contributed by atoms with van der Waals surface area (Å²) in [5.74, 6) is 0.934. The van der Waals surface area contributed by atoms with Gasteiger partial charge < -0.3 is 15.2 Å². The van der Waals surface area contributed by atoms with Crippen LogP contribution in [0.2, 0.25) is 5.02 Å². The Morgan fingerprint density at radius 1 is 1.20 bits per heavy atom. The summed E-state index contributed by atoms with van der Waals surface area (Å²) in [5, 5.41) is 20.0. The molecular weight excluding hydrogens is 549 g/mol. The van der Waals surface area contributed by atoms with Gasteiger partial charge in [-0.1, -0.05) is 43.5 Å². The fourth-order valence-corrected chi connectivity index (χ4v) is 6.54. The number of aliphatic hydroxyl groups is 1. The van der Waals surface area contributed by atoms with E-state index in [-0.39, 0.29) is 12.4 Å². The molecule has 2 aromatic carbocycles. The number of fused-ring (bicyclic) bond motifs is 5. The highest BCUT2D eigenvalue weighted by molar-refractivity contribution is 7.22. The van der Waals surface area contributed by atoms with Crippen molar-refractivity contribution >= 4 is 44.7 Å². The fourth-order valence-electron chi connectivity index (χ4n) is 5.08. The summed E-state index contributed by atoms with van der Waals surface area (Å²) in [4.78, 5) is 11.2. The third-order valence-corrected chi connectivity index (χ3v) is 8.52. The van der Waals surface area contributed by atoms with E-state index < -0.39 is 6.10 Å². The molecule has 1 aliphatic carbocycles. The van der Waals surface area contributed by atoms with Gasteiger partial charge in [0, 0.05) is 22.3 Å². The van der Waals surface area contributed by atoms with Gasteiger partial charge in [-0.15, -0.1) is 11.3 Å². The molecule has 7 nitrogen and oxygen atoms in total. The van der Waals surface area contributed by atoms with E-state index >= 15 is 0 Å². The van der Waals surface area contributed by atoms with Gasteiger partial charge >= 0.3 is 0 Å². The Hall–Kier alpha value is -3.53. The molecule has 0 saturated carbocycles. The summed E-state index contributed by atoms with van der Waals surface area (Å²) in [7, 11) is 0. The largest absolute Gasteiger partial charge is 0.487 e. The molecule has 40 heavy (non-hydrogen) atoms. The van der Waals surface area contributed by atoms with E-state index in [4.69, 9.17) is 21.4 Å². The minimum Gasteiger partial charge on any atom is -0.487 e. The molecule has 206 valence electrons. The minimum atomic E-state index is -0.394. The van der Waals surface area contributed by atoms with Crippen LogP contribution in [0.5, 0.6) is 5.75 Å². The third kappa shape index (κ3) is 5.54. The number of hydrogen-bond acceptors (Lipinski definition) is 7. The maximum atomic E-state index is 13.5. The van der Waals surface area contributed by atoms with E-state index in [2.05, 4.69) is 28.4 Å². The number of ether oxygens (including phenoxy) is 1. The molecule has 1 aliphatic rings. The summed E-state index contributed by atoms with van der Waals surface area (Å²) in [6.07, 6.45) is 7.75. The topological polar surface area (TPSA) is 85.1 Å². The van der Waals surface area contributed by atoms with Crippen molar-refractivity contribution in [2.45, 2.75) is 58.3 Å². The molecule has 0 unspecified atom stereocenters. The van der Waals surface area contributed by atoms with Gasteiger partial charge in [-0.2, -0.15) is 5.10 Å². The molecule has 2 N–H and O–H groups in total. The second-order valence-corrected chi connectivity index (χ2v) is 11.4. The quantitative estimate of drug-likeness (QED) is 0.181.